The molecule has 0 radical (unpaired) electrons. The minimum Gasteiger partial charge on any atom is -0.319 e. The second-order valence-corrected chi connectivity index (χ2v) is 2.90. The monoisotopic (exact) mass is 220 g/mol. The Morgan fingerprint density at radius 1 is 1.27 bits per heavy atom. The van der Waals surface area contributed by atoms with Crippen LogP contribution in [0.3, 0.4) is 0 Å². The highest BCUT2D eigenvalue weighted by Crippen LogP contribution is 2.30. The van der Waals surface area contributed by atoms with Crippen LogP contribution in [0.15, 0.2) is 0 Å². The predicted molar refractivity (Wildman–Crippen MR) is 54.9 cm³/mol. The molecule has 0 bridgehead atoms. The van der Waals surface area contributed by atoms with Gasteiger partial charge in [0.2, 0.25) is 0 Å². The van der Waals surface area contributed by atoms with Crippen LogP contribution in [-0.4, -0.2) is 16.9 Å². The van der Waals surface area contributed by atoms with Gasteiger partial charge in [-0.25, -0.2) is 0 Å². The molecular weight excluding hydrogens is 202 g/mol. The Morgan fingerprint density at radius 3 is 2.00 bits per heavy atom. The number of hydrogen-bond acceptors (Lipinski definition) is 2. The summed E-state index contributed by atoms with van der Waals surface area (Å²) >= 11 is 0. The molecule has 0 aliphatic carbocycles. The molecule has 0 saturated carbocycles. The lowest BCUT2D eigenvalue weighted by Gasteiger charge is -2.11. The summed E-state index contributed by atoms with van der Waals surface area (Å²) in [5, 5.41) is 3.69. The molecule has 0 saturated heterocycles. The molecule has 0 aliphatic rings. The topological polar surface area (TPSA) is 27.1 Å². The Balaban J connectivity index is 0.000000921. The smallest absolute Gasteiger partial charge is 0.319 e. The number of methoxy groups -OCH3 is 1. The zero-order chi connectivity index (χ0) is 12.2. The molecule has 0 aromatic carbocycles. The quantitative estimate of drug-likeness (QED) is 0.766. The molecular formula is C10H18F2N2O. The average molecular weight is 220 g/mol. The van der Waals surface area contributed by atoms with E-state index in [9.17, 15) is 8.78 Å². The number of aryl methyl sites for hydroxylation is 1. The van der Waals surface area contributed by atoms with Crippen molar-refractivity contribution >= 4 is 0 Å². The van der Waals surface area contributed by atoms with Crippen molar-refractivity contribution in [1.29, 1.82) is 0 Å². The van der Waals surface area contributed by atoms with Gasteiger partial charge in [-0.1, -0.05) is 13.8 Å². The highest BCUT2D eigenvalue weighted by atomic mass is 19.3. The lowest BCUT2D eigenvalue weighted by molar-refractivity contribution is -0.234. The van der Waals surface area contributed by atoms with Gasteiger partial charge in [-0.3, -0.25) is 4.68 Å². The minimum atomic E-state index is -3.30. The van der Waals surface area contributed by atoms with Crippen LogP contribution in [0.4, 0.5) is 8.78 Å². The van der Waals surface area contributed by atoms with Gasteiger partial charge in [0, 0.05) is 25.4 Å². The van der Waals surface area contributed by atoms with Crippen molar-refractivity contribution in [3.05, 3.63) is 17.0 Å². The van der Waals surface area contributed by atoms with Crippen molar-refractivity contribution < 1.29 is 13.5 Å². The van der Waals surface area contributed by atoms with Crippen LogP contribution in [-0.2, 0) is 17.9 Å². The molecule has 5 heteroatoms. The van der Waals surface area contributed by atoms with Crippen LogP contribution in [0, 0.1) is 13.8 Å². The molecule has 0 atom stereocenters. The summed E-state index contributed by atoms with van der Waals surface area (Å²) in [6.07, 6.45) is -3.30. The Morgan fingerprint density at radius 2 is 1.73 bits per heavy atom. The van der Waals surface area contributed by atoms with E-state index in [1.165, 1.54) is 4.68 Å². The van der Waals surface area contributed by atoms with Gasteiger partial charge >= 0.3 is 6.11 Å². The predicted octanol–water partition coefficient (Wildman–Crippen LogP) is 2.76. The van der Waals surface area contributed by atoms with Crippen LogP contribution in [0.25, 0.3) is 0 Å². The zero-order valence-electron chi connectivity index (χ0n) is 10.1. The van der Waals surface area contributed by atoms with Crippen molar-refractivity contribution in [3.63, 3.8) is 0 Å². The first-order valence-electron chi connectivity index (χ1n) is 4.83. The standard InChI is InChI=1S/C8H12F2N2O.C2H6/c1-5-6(2)12(3)11-7(5)8(9,10)13-4;1-2/h1-4H3;1-2H3. The number of hydrogen-bond donors (Lipinski definition) is 0. The molecule has 0 fully saturated rings. The lowest BCUT2D eigenvalue weighted by Crippen LogP contribution is -2.17. The molecule has 3 nitrogen and oxygen atoms in total. The number of alkyl halides is 2. The van der Waals surface area contributed by atoms with Crippen LogP contribution in [0.5, 0.6) is 0 Å². The Labute approximate surface area is 89.0 Å². The second-order valence-electron chi connectivity index (χ2n) is 2.90. The van der Waals surface area contributed by atoms with E-state index in [1.54, 1.807) is 20.9 Å². The third-order valence-electron chi connectivity index (χ3n) is 2.17. The van der Waals surface area contributed by atoms with Crippen LogP contribution >= 0.6 is 0 Å². The van der Waals surface area contributed by atoms with E-state index in [0.29, 0.717) is 11.3 Å². The van der Waals surface area contributed by atoms with E-state index in [0.717, 1.165) is 7.11 Å². The summed E-state index contributed by atoms with van der Waals surface area (Å²) in [6, 6.07) is 0. The summed E-state index contributed by atoms with van der Waals surface area (Å²) in [4.78, 5) is 0. The first kappa shape index (κ1) is 14.0. The third kappa shape index (κ3) is 2.75. The Kier molecular flexibility index (Phi) is 4.87. The molecule has 0 aliphatic heterocycles. The van der Waals surface area contributed by atoms with Crippen LogP contribution in [0.1, 0.15) is 30.8 Å². The molecule has 88 valence electrons. The second kappa shape index (κ2) is 5.21. The van der Waals surface area contributed by atoms with Crippen molar-refractivity contribution in [3.8, 4) is 0 Å². The van der Waals surface area contributed by atoms with Crippen LogP contribution < -0.4 is 0 Å². The van der Waals surface area contributed by atoms with E-state index in [4.69, 9.17) is 0 Å². The van der Waals surface area contributed by atoms with Gasteiger partial charge in [-0.2, -0.15) is 13.9 Å². The highest BCUT2D eigenvalue weighted by Gasteiger charge is 2.37. The zero-order valence-corrected chi connectivity index (χ0v) is 10.1. The first-order valence-corrected chi connectivity index (χ1v) is 4.83. The van der Waals surface area contributed by atoms with Gasteiger partial charge in [0.25, 0.3) is 0 Å². The number of ether oxygens (including phenoxy) is 1. The third-order valence-corrected chi connectivity index (χ3v) is 2.17. The summed E-state index contributed by atoms with van der Waals surface area (Å²) in [7, 11) is 2.58. The van der Waals surface area contributed by atoms with E-state index in [1.807, 2.05) is 13.8 Å². The molecule has 0 amide bonds. The fraction of sp³-hybridized carbons (Fsp3) is 0.700. The van der Waals surface area contributed by atoms with Crippen molar-refractivity contribution in [2.45, 2.75) is 33.8 Å². The maximum Gasteiger partial charge on any atom is 0.401 e. The molecule has 1 rings (SSSR count). The Bertz CT molecular complexity index is 321. The summed E-state index contributed by atoms with van der Waals surface area (Å²) in [5.41, 5.74) is 0.871. The molecule has 1 heterocycles. The van der Waals surface area contributed by atoms with Crippen LogP contribution in [0.2, 0.25) is 0 Å². The molecule has 1 aromatic rings. The number of aromatic nitrogens is 2. The molecule has 0 N–H and O–H groups in total. The normalized spacial score (nSPS) is 10.9. The fourth-order valence-electron chi connectivity index (χ4n) is 1.09. The summed E-state index contributed by atoms with van der Waals surface area (Å²) < 4.78 is 31.6. The minimum absolute atomic E-state index is 0.310. The highest BCUT2D eigenvalue weighted by molar-refractivity contribution is 5.25. The first-order chi connectivity index (χ1) is 6.90. The van der Waals surface area contributed by atoms with Crippen molar-refractivity contribution in [2.75, 3.05) is 7.11 Å². The van der Waals surface area contributed by atoms with Gasteiger partial charge in [0.1, 0.15) is 0 Å². The maximum atomic E-state index is 13.0. The van der Waals surface area contributed by atoms with Crippen molar-refractivity contribution in [2.24, 2.45) is 7.05 Å². The fourth-order valence-corrected chi connectivity index (χ4v) is 1.09. The SMILES string of the molecule is CC.COC(F)(F)c1nn(C)c(C)c1C. The van der Waals surface area contributed by atoms with E-state index >= 15 is 0 Å². The van der Waals surface area contributed by atoms with Gasteiger partial charge in [0.15, 0.2) is 5.69 Å². The largest absolute Gasteiger partial charge is 0.401 e. The van der Waals surface area contributed by atoms with Gasteiger partial charge < -0.3 is 4.74 Å². The van der Waals surface area contributed by atoms with Crippen molar-refractivity contribution in [1.82, 2.24) is 9.78 Å². The molecule has 15 heavy (non-hydrogen) atoms. The number of halogens is 2. The summed E-state index contributed by atoms with van der Waals surface area (Å²) in [6.45, 7) is 7.34. The number of rotatable bonds is 2. The van der Waals surface area contributed by atoms with Gasteiger partial charge in [0.05, 0.1) is 0 Å². The van der Waals surface area contributed by atoms with E-state index < -0.39 is 6.11 Å². The van der Waals surface area contributed by atoms with Gasteiger partial charge in [-0.15, -0.1) is 0 Å². The molecule has 1 aromatic heterocycles. The molecule has 0 spiro atoms. The summed E-state index contributed by atoms with van der Waals surface area (Å²) in [5.74, 6) is 0. The maximum absolute atomic E-state index is 13.0. The lowest BCUT2D eigenvalue weighted by atomic mass is 10.2. The van der Waals surface area contributed by atoms with E-state index in [2.05, 4.69) is 9.84 Å². The Hall–Kier alpha value is -0.970. The van der Waals surface area contributed by atoms with E-state index in [-0.39, 0.29) is 5.69 Å². The average Bonchev–Trinajstić information content (AvgIpc) is 2.49. The molecule has 0 unspecified atom stereocenters. The van der Waals surface area contributed by atoms with Gasteiger partial charge in [-0.05, 0) is 13.8 Å². The number of nitrogens with zero attached hydrogens (tertiary/aromatic N) is 2.